The van der Waals surface area contributed by atoms with Gasteiger partial charge in [0.05, 0.1) is 19.8 Å². The van der Waals surface area contributed by atoms with E-state index in [-0.39, 0.29) is 24.9 Å². The Morgan fingerprint density at radius 1 is 1.13 bits per heavy atom. The highest BCUT2D eigenvalue weighted by molar-refractivity contribution is 5.83. The molecule has 1 aliphatic rings. The minimum atomic E-state index is 0.0396. The lowest BCUT2D eigenvalue weighted by atomic mass is 10.0. The summed E-state index contributed by atoms with van der Waals surface area (Å²) in [6.07, 6.45) is 4.36. The fourth-order valence-corrected chi connectivity index (χ4v) is 2.15. The van der Waals surface area contributed by atoms with Gasteiger partial charge in [-0.15, -0.1) is 0 Å². The minimum Gasteiger partial charge on any atom is -0.395 e. The monoisotopic (exact) mass is 215 g/mol. The Bertz CT molecular complexity index is 184. The second-order valence-corrected chi connectivity index (χ2v) is 4.17. The number of hydrogen-bond acceptors (Lipinski definition) is 4. The molecule has 1 rings (SSSR count). The van der Waals surface area contributed by atoms with Crippen LogP contribution in [-0.4, -0.2) is 53.7 Å². The van der Waals surface area contributed by atoms with Crippen molar-refractivity contribution < 1.29 is 15.0 Å². The summed E-state index contributed by atoms with van der Waals surface area (Å²) in [7, 11) is 0. The van der Waals surface area contributed by atoms with Gasteiger partial charge in [-0.05, 0) is 12.8 Å². The van der Waals surface area contributed by atoms with Crippen LogP contribution < -0.4 is 0 Å². The van der Waals surface area contributed by atoms with Crippen molar-refractivity contribution in [3.63, 3.8) is 0 Å². The van der Waals surface area contributed by atoms with E-state index in [4.69, 9.17) is 10.2 Å². The third-order valence-electron chi connectivity index (χ3n) is 3.02. The molecule has 2 N–H and O–H groups in total. The van der Waals surface area contributed by atoms with Crippen LogP contribution in [0.15, 0.2) is 0 Å². The Labute approximate surface area is 90.9 Å². The molecule has 0 amide bonds. The van der Waals surface area contributed by atoms with Crippen LogP contribution in [0.2, 0.25) is 0 Å². The molecule has 0 saturated heterocycles. The van der Waals surface area contributed by atoms with Crippen LogP contribution in [0.25, 0.3) is 0 Å². The lowest BCUT2D eigenvalue weighted by molar-refractivity contribution is -0.124. The first-order chi connectivity index (χ1) is 7.27. The van der Waals surface area contributed by atoms with Crippen molar-refractivity contribution in [2.24, 2.45) is 5.92 Å². The first-order valence-electron chi connectivity index (χ1n) is 5.74. The van der Waals surface area contributed by atoms with Crippen molar-refractivity contribution in [3.05, 3.63) is 0 Å². The molecule has 88 valence electrons. The molecular formula is C11H21NO3. The van der Waals surface area contributed by atoms with Gasteiger partial charge in [0, 0.05) is 19.0 Å². The lowest BCUT2D eigenvalue weighted by Gasteiger charge is -2.20. The van der Waals surface area contributed by atoms with Gasteiger partial charge in [0.1, 0.15) is 5.78 Å². The van der Waals surface area contributed by atoms with E-state index < -0.39 is 0 Å². The number of carbonyl (C=O) groups is 1. The number of carbonyl (C=O) groups excluding carboxylic acids is 1. The molecule has 0 aliphatic heterocycles. The summed E-state index contributed by atoms with van der Waals surface area (Å²) in [4.78, 5) is 13.6. The van der Waals surface area contributed by atoms with Crippen LogP contribution in [0.5, 0.6) is 0 Å². The molecule has 4 nitrogen and oxygen atoms in total. The van der Waals surface area contributed by atoms with Gasteiger partial charge in [0.2, 0.25) is 0 Å². The number of aliphatic hydroxyl groups is 2. The van der Waals surface area contributed by atoms with Gasteiger partial charge in [-0.1, -0.05) is 12.8 Å². The van der Waals surface area contributed by atoms with Crippen LogP contribution >= 0.6 is 0 Å². The van der Waals surface area contributed by atoms with Crippen molar-refractivity contribution in [1.29, 1.82) is 0 Å². The zero-order valence-corrected chi connectivity index (χ0v) is 9.19. The Hall–Kier alpha value is -0.450. The highest BCUT2D eigenvalue weighted by Crippen LogP contribution is 2.25. The van der Waals surface area contributed by atoms with E-state index in [9.17, 15) is 4.79 Å². The fourth-order valence-electron chi connectivity index (χ4n) is 2.15. The highest BCUT2D eigenvalue weighted by Gasteiger charge is 2.23. The van der Waals surface area contributed by atoms with E-state index >= 15 is 0 Å². The Kier molecular flexibility index (Phi) is 5.83. The number of hydrogen-bond donors (Lipinski definition) is 2. The van der Waals surface area contributed by atoms with Crippen molar-refractivity contribution in [3.8, 4) is 0 Å². The van der Waals surface area contributed by atoms with Crippen LogP contribution in [0.1, 0.15) is 25.7 Å². The molecule has 0 unspecified atom stereocenters. The SMILES string of the molecule is O=C(CN(CCO)CCO)C1CCCC1. The zero-order valence-electron chi connectivity index (χ0n) is 9.19. The number of nitrogens with zero attached hydrogens (tertiary/aromatic N) is 1. The molecule has 0 atom stereocenters. The average molecular weight is 215 g/mol. The third-order valence-corrected chi connectivity index (χ3v) is 3.02. The van der Waals surface area contributed by atoms with E-state index in [0.717, 1.165) is 25.7 Å². The van der Waals surface area contributed by atoms with Gasteiger partial charge >= 0.3 is 0 Å². The van der Waals surface area contributed by atoms with Gasteiger partial charge < -0.3 is 10.2 Å². The maximum Gasteiger partial charge on any atom is 0.149 e. The third kappa shape index (κ3) is 4.28. The summed E-state index contributed by atoms with van der Waals surface area (Å²) in [5.74, 6) is 0.499. The molecule has 1 aliphatic carbocycles. The Morgan fingerprint density at radius 2 is 1.67 bits per heavy atom. The molecule has 0 bridgehead atoms. The quantitative estimate of drug-likeness (QED) is 0.629. The van der Waals surface area contributed by atoms with E-state index in [2.05, 4.69) is 0 Å². The predicted molar refractivity (Wildman–Crippen MR) is 57.6 cm³/mol. The topological polar surface area (TPSA) is 60.8 Å². The maximum atomic E-state index is 11.8. The van der Waals surface area contributed by atoms with Gasteiger partial charge in [0.25, 0.3) is 0 Å². The molecule has 15 heavy (non-hydrogen) atoms. The minimum absolute atomic E-state index is 0.0396. The smallest absolute Gasteiger partial charge is 0.149 e. The van der Waals surface area contributed by atoms with Crippen molar-refractivity contribution in [1.82, 2.24) is 4.90 Å². The highest BCUT2D eigenvalue weighted by atomic mass is 16.3. The molecule has 1 saturated carbocycles. The van der Waals surface area contributed by atoms with Gasteiger partial charge in [-0.25, -0.2) is 0 Å². The maximum absolute atomic E-state index is 11.8. The number of ketones is 1. The van der Waals surface area contributed by atoms with Crippen LogP contribution in [-0.2, 0) is 4.79 Å². The molecule has 0 aromatic heterocycles. The summed E-state index contributed by atoms with van der Waals surface area (Å²) in [6.45, 7) is 1.40. The summed E-state index contributed by atoms with van der Waals surface area (Å²) < 4.78 is 0. The lowest BCUT2D eigenvalue weighted by Crippen LogP contribution is -2.36. The summed E-state index contributed by atoms with van der Waals surface area (Å²) >= 11 is 0. The van der Waals surface area contributed by atoms with Gasteiger partial charge in [-0.2, -0.15) is 0 Å². The number of aliphatic hydroxyl groups excluding tert-OH is 2. The van der Waals surface area contributed by atoms with Crippen LogP contribution in [0.4, 0.5) is 0 Å². The van der Waals surface area contributed by atoms with Crippen molar-refractivity contribution >= 4 is 5.78 Å². The average Bonchev–Trinajstić information content (AvgIpc) is 2.71. The van der Waals surface area contributed by atoms with Crippen LogP contribution in [0.3, 0.4) is 0 Å². The predicted octanol–water partition coefficient (Wildman–Crippen LogP) is 0.0323. The van der Waals surface area contributed by atoms with Gasteiger partial charge in [-0.3, -0.25) is 9.69 Å². The molecule has 0 radical (unpaired) electrons. The standard InChI is InChI=1S/C11H21NO3/c13-7-5-12(6-8-14)9-11(15)10-3-1-2-4-10/h10,13-14H,1-9H2. The summed E-state index contributed by atoms with van der Waals surface area (Å²) in [5.41, 5.74) is 0. The second-order valence-electron chi connectivity index (χ2n) is 4.17. The van der Waals surface area contributed by atoms with Crippen molar-refractivity contribution in [2.45, 2.75) is 25.7 Å². The van der Waals surface area contributed by atoms with Gasteiger partial charge in [0.15, 0.2) is 0 Å². The number of rotatable bonds is 7. The van der Waals surface area contributed by atoms with E-state index in [1.807, 2.05) is 4.90 Å². The molecular weight excluding hydrogens is 194 g/mol. The molecule has 0 spiro atoms. The van der Waals surface area contributed by atoms with E-state index in [1.54, 1.807) is 0 Å². The fraction of sp³-hybridized carbons (Fsp3) is 0.909. The normalized spacial score (nSPS) is 17.5. The molecule has 1 fully saturated rings. The summed E-state index contributed by atoms with van der Waals surface area (Å²) in [5, 5.41) is 17.6. The molecule has 4 heteroatoms. The first-order valence-corrected chi connectivity index (χ1v) is 5.74. The van der Waals surface area contributed by atoms with Crippen molar-refractivity contribution in [2.75, 3.05) is 32.8 Å². The first kappa shape index (κ1) is 12.6. The van der Waals surface area contributed by atoms with Crippen LogP contribution in [0, 0.1) is 5.92 Å². The molecule has 0 aromatic rings. The molecule has 0 aromatic carbocycles. The number of Topliss-reactive ketones (excluding diaryl/α,β-unsaturated/α-hetero) is 1. The molecule has 0 heterocycles. The largest absolute Gasteiger partial charge is 0.395 e. The summed E-state index contributed by atoms with van der Waals surface area (Å²) in [6, 6.07) is 0. The Morgan fingerprint density at radius 3 is 2.13 bits per heavy atom. The Balaban J connectivity index is 2.31. The van der Waals surface area contributed by atoms with E-state index in [1.165, 1.54) is 0 Å². The second kappa shape index (κ2) is 6.93. The van der Waals surface area contributed by atoms with E-state index in [0.29, 0.717) is 19.6 Å². The zero-order chi connectivity index (χ0) is 11.1.